The maximum atomic E-state index is 12.8. The zero-order valence-corrected chi connectivity index (χ0v) is 51.5. The van der Waals surface area contributed by atoms with E-state index in [1.807, 2.05) is 21.1 Å². The van der Waals surface area contributed by atoms with Crippen molar-refractivity contribution in [2.24, 2.45) is 0 Å². The Kier molecular flexibility index (Phi) is 55.4. The molecule has 0 aromatic rings. The Morgan fingerprint density at radius 2 is 0.692 bits per heavy atom. The van der Waals surface area contributed by atoms with E-state index in [4.69, 9.17) is 18.5 Å². The number of phosphoric acid groups is 1. The van der Waals surface area contributed by atoms with Crippen LogP contribution in [0, 0.1) is 0 Å². The molecule has 10 heteroatoms. The molecule has 9 nitrogen and oxygen atoms in total. The van der Waals surface area contributed by atoms with E-state index in [9.17, 15) is 19.0 Å². The molecule has 0 aromatic heterocycles. The third-order valence-electron chi connectivity index (χ3n) is 13.0. The van der Waals surface area contributed by atoms with Crippen LogP contribution in [0.3, 0.4) is 0 Å². The number of rotatable bonds is 56. The van der Waals surface area contributed by atoms with Gasteiger partial charge in [0.25, 0.3) is 0 Å². The first kappa shape index (κ1) is 74.4. The van der Waals surface area contributed by atoms with Gasteiger partial charge in [-0.2, -0.15) is 0 Å². The molecule has 0 bridgehead atoms. The van der Waals surface area contributed by atoms with Crippen LogP contribution in [-0.2, 0) is 32.7 Å². The van der Waals surface area contributed by atoms with Gasteiger partial charge in [0.1, 0.15) is 19.8 Å². The van der Waals surface area contributed by atoms with Crippen LogP contribution in [0.4, 0.5) is 0 Å². The van der Waals surface area contributed by atoms with E-state index >= 15 is 0 Å². The van der Waals surface area contributed by atoms with Crippen LogP contribution in [-0.4, -0.2) is 74.9 Å². The molecule has 0 amide bonds. The predicted octanol–water partition coefficient (Wildman–Crippen LogP) is 19.9. The number of likely N-dealkylation sites (N-methyl/N-ethyl adjacent to an activating group) is 1. The Labute approximate surface area is 479 Å². The maximum absolute atomic E-state index is 12.8. The molecule has 78 heavy (non-hydrogen) atoms. The fourth-order valence-electron chi connectivity index (χ4n) is 8.25. The summed E-state index contributed by atoms with van der Waals surface area (Å²) >= 11 is 0. The molecule has 0 aromatic carbocycles. The topological polar surface area (TPSA) is 108 Å². The molecule has 0 rings (SSSR count). The highest BCUT2D eigenvalue weighted by molar-refractivity contribution is 7.47. The van der Waals surface area contributed by atoms with Crippen LogP contribution >= 0.6 is 7.82 Å². The molecule has 0 spiro atoms. The lowest BCUT2D eigenvalue weighted by Crippen LogP contribution is -2.37. The summed E-state index contributed by atoms with van der Waals surface area (Å²) in [6.07, 6.45) is 82.9. The van der Waals surface area contributed by atoms with Crippen LogP contribution < -0.4 is 0 Å². The van der Waals surface area contributed by atoms with Gasteiger partial charge >= 0.3 is 19.8 Å². The van der Waals surface area contributed by atoms with E-state index in [2.05, 4.69) is 135 Å². The fraction of sp³-hybridized carbons (Fsp3) is 0.676. The molecular formula is C68H117NO8P+. The maximum Gasteiger partial charge on any atom is 0.472 e. The first-order chi connectivity index (χ1) is 38.0. The quantitative estimate of drug-likeness (QED) is 0.0211. The van der Waals surface area contributed by atoms with Crippen LogP contribution in [0.25, 0.3) is 0 Å². The molecule has 0 fully saturated rings. The van der Waals surface area contributed by atoms with Crippen molar-refractivity contribution in [3.8, 4) is 0 Å². The minimum Gasteiger partial charge on any atom is -0.462 e. The monoisotopic (exact) mass is 1110 g/mol. The summed E-state index contributed by atoms with van der Waals surface area (Å²) in [7, 11) is 1.46. The number of carbonyl (C=O) groups is 2. The second-order valence-electron chi connectivity index (χ2n) is 21.7. The summed E-state index contributed by atoms with van der Waals surface area (Å²) in [5, 5.41) is 0. The lowest BCUT2D eigenvalue weighted by Gasteiger charge is -2.24. The van der Waals surface area contributed by atoms with Crippen molar-refractivity contribution < 1.29 is 42.1 Å². The number of hydrogen-bond acceptors (Lipinski definition) is 7. The van der Waals surface area contributed by atoms with E-state index in [0.29, 0.717) is 23.9 Å². The Bertz CT molecular complexity index is 1730. The van der Waals surface area contributed by atoms with Crippen molar-refractivity contribution in [1.82, 2.24) is 0 Å². The number of hydrogen-bond donors (Lipinski definition) is 1. The van der Waals surface area contributed by atoms with Crippen molar-refractivity contribution in [2.45, 2.75) is 251 Å². The van der Waals surface area contributed by atoms with Crippen LogP contribution in [0.1, 0.15) is 245 Å². The zero-order chi connectivity index (χ0) is 57.0. The highest BCUT2D eigenvalue weighted by atomic mass is 31.2. The molecule has 2 unspecified atom stereocenters. The van der Waals surface area contributed by atoms with Gasteiger partial charge in [-0.15, -0.1) is 0 Å². The number of esters is 2. The third kappa shape index (κ3) is 61.6. The van der Waals surface area contributed by atoms with Gasteiger partial charge in [-0.3, -0.25) is 18.6 Å². The minimum atomic E-state index is -4.39. The summed E-state index contributed by atoms with van der Waals surface area (Å²) in [6, 6.07) is 0. The molecule has 0 heterocycles. The first-order valence-corrected chi connectivity index (χ1v) is 32.8. The number of allylic oxidation sites excluding steroid dienone is 20. The lowest BCUT2D eigenvalue weighted by molar-refractivity contribution is -0.870. The van der Waals surface area contributed by atoms with Gasteiger partial charge in [0.2, 0.25) is 0 Å². The standard InChI is InChI=1S/C68H116NO8P/c1-6-8-10-12-14-16-18-20-22-23-24-25-26-27-28-29-30-31-32-33-34-35-36-37-38-39-40-41-42-43-44-45-47-49-51-53-55-57-59-61-68(71)77-66(65-76-78(72,73)75-63-62-69(3,4)5)64-74-67(70)60-58-56-54-52-50-48-46-21-19-17-15-13-11-9-7-2/h8-11,14-17,20-22,24-25,27-28,30-31,33-34,46,66H,6-7,12-13,18-19,23,26,29,32,35-45,47-65H2,1-5H3/p+1/b10-8-,11-9-,16-14-,17-15-,22-20-,25-24-,28-27-,31-30-,34-33-,46-21-. The Hall–Kier alpha value is -3.59. The van der Waals surface area contributed by atoms with Crippen LogP contribution in [0.2, 0.25) is 0 Å². The van der Waals surface area contributed by atoms with E-state index in [0.717, 1.165) is 116 Å². The van der Waals surface area contributed by atoms with E-state index in [1.165, 1.54) is 89.9 Å². The SMILES string of the molecule is CC/C=C\C/C=C\C/C=C\C/C=C\C/C=C\C/C=C\C/C=C\CCCCCCCCCCCCCCCCCCCC(=O)OC(COC(=O)CCCCCCC/C=C\C/C=C\C/C=C\CC)COP(=O)(O)OCC[N+](C)(C)C. The van der Waals surface area contributed by atoms with Crippen molar-refractivity contribution in [3.05, 3.63) is 122 Å². The van der Waals surface area contributed by atoms with E-state index in [1.54, 1.807) is 0 Å². The van der Waals surface area contributed by atoms with Crippen molar-refractivity contribution in [2.75, 3.05) is 47.5 Å². The van der Waals surface area contributed by atoms with Crippen LogP contribution in [0.15, 0.2) is 122 Å². The number of ether oxygens (including phenoxy) is 2. The second-order valence-corrected chi connectivity index (χ2v) is 23.1. The van der Waals surface area contributed by atoms with E-state index in [-0.39, 0.29) is 32.0 Å². The van der Waals surface area contributed by atoms with Gasteiger partial charge in [0, 0.05) is 12.8 Å². The van der Waals surface area contributed by atoms with Gasteiger partial charge in [-0.05, 0) is 103 Å². The Morgan fingerprint density at radius 3 is 1.03 bits per heavy atom. The highest BCUT2D eigenvalue weighted by Gasteiger charge is 2.27. The molecule has 0 aliphatic rings. The van der Waals surface area contributed by atoms with Gasteiger partial charge in [0.15, 0.2) is 6.10 Å². The molecule has 0 aliphatic heterocycles. The lowest BCUT2D eigenvalue weighted by atomic mass is 10.0. The van der Waals surface area contributed by atoms with Gasteiger partial charge in [0.05, 0.1) is 27.7 Å². The van der Waals surface area contributed by atoms with Gasteiger partial charge in [-0.1, -0.05) is 251 Å². The van der Waals surface area contributed by atoms with Crippen molar-refractivity contribution >= 4 is 19.8 Å². The number of carbonyl (C=O) groups excluding carboxylic acids is 2. The molecule has 0 aliphatic carbocycles. The molecule has 0 saturated heterocycles. The Balaban J connectivity index is 4.01. The summed E-state index contributed by atoms with van der Waals surface area (Å²) < 4.78 is 34.5. The number of nitrogens with zero attached hydrogens (tertiary/aromatic N) is 1. The fourth-order valence-corrected chi connectivity index (χ4v) is 8.99. The molecule has 0 saturated carbocycles. The predicted molar refractivity (Wildman–Crippen MR) is 334 cm³/mol. The van der Waals surface area contributed by atoms with Crippen molar-refractivity contribution in [1.29, 1.82) is 0 Å². The third-order valence-corrected chi connectivity index (χ3v) is 14.0. The summed E-state index contributed by atoms with van der Waals surface area (Å²) in [6.45, 7) is 4.18. The normalized spacial score (nSPS) is 14.1. The van der Waals surface area contributed by atoms with E-state index < -0.39 is 26.5 Å². The molecular weight excluding hydrogens is 990 g/mol. The minimum absolute atomic E-state index is 0.0246. The van der Waals surface area contributed by atoms with Gasteiger partial charge < -0.3 is 18.9 Å². The van der Waals surface area contributed by atoms with Crippen LogP contribution in [0.5, 0.6) is 0 Å². The number of quaternary nitrogens is 1. The molecule has 446 valence electrons. The highest BCUT2D eigenvalue weighted by Crippen LogP contribution is 2.43. The number of unbranched alkanes of at least 4 members (excludes halogenated alkanes) is 22. The van der Waals surface area contributed by atoms with Crippen molar-refractivity contribution in [3.63, 3.8) is 0 Å². The van der Waals surface area contributed by atoms with Gasteiger partial charge in [-0.25, -0.2) is 4.57 Å². The largest absolute Gasteiger partial charge is 0.472 e. The molecule has 2 atom stereocenters. The smallest absolute Gasteiger partial charge is 0.462 e. The average Bonchev–Trinajstić information content (AvgIpc) is 3.41. The molecule has 1 N–H and O–H groups in total. The Morgan fingerprint density at radius 1 is 0.397 bits per heavy atom. The first-order valence-electron chi connectivity index (χ1n) is 31.3. The second kappa shape index (κ2) is 58.1. The number of phosphoric ester groups is 1. The summed E-state index contributed by atoms with van der Waals surface area (Å²) in [5.74, 6) is -0.819. The zero-order valence-electron chi connectivity index (χ0n) is 50.6. The molecule has 0 radical (unpaired) electrons. The average molecular weight is 1110 g/mol. The summed E-state index contributed by atoms with van der Waals surface area (Å²) in [4.78, 5) is 35.7. The summed E-state index contributed by atoms with van der Waals surface area (Å²) in [5.41, 5.74) is 0.